The fourth-order valence-electron chi connectivity index (χ4n) is 3.93. The van der Waals surface area contributed by atoms with Crippen molar-refractivity contribution in [3.8, 4) is 5.88 Å². The summed E-state index contributed by atoms with van der Waals surface area (Å²) in [6, 6.07) is 0. The van der Waals surface area contributed by atoms with Gasteiger partial charge in [-0.2, -0.15) is 4.98 Å². The predicted octanol–water partition coefficient (Wildman–Crippen LogP) is 2.94. The summed E-state index contributed by atoms with van der Waals surface area (Å²) in [6.45, 7) is 0. The van der Waals surface area contributed by atoms with Crippen molar-refractivity contribution in [1.29, 1.82) is 0 Å². The summed E-state index contributed by atoms with van der Waals surface area (Å²) < 4.78 is 5.70. The van der Waals surface area contributed by atoms with E-state index < -0.39 is 5.60 Å². The lowest BCUT2D eigenvalue weighted by atomic mass is 9.83. The number of rotatable bonds is 3. The minimum atomic E-state index is -0.539. The third-order valence-corrected chi connectivity index (χ3v) is 5.18. The Hall–Kier alpha value is -1.36. The molecule has 2 saturated carbocycles. The summed E-state index contributed by atoms with van der Waals surface area (Å²) in [6.07, 6.45) is 9.15. The normalized spacial score (nSPS) is 22.5. The van der Waals surface area contributed by atoms with Crippen molar-refractivity contribution >= 4 is 0 Å². The molecule has 0 aliphatic heterocycles. The zero-order valence-electron chi connectivity index (χ0n) is 12.7. The van der Waals surface area contributed by atoms with Crippen LogP contribution in [0.15, 0.2) is 4.79 Å². The predicted molar refractivity (Wildman–Crippen MR) is 79.5 cm³/mol. The SMILES string of the molecule is COC1(c2nc(O)c(C3CCCC3)c(=O)[nH]2)CCCCC1. The number of hydrogen-bond donors (Lipinski definition) is 2. The summed E-state index contributed by atoms with van der Waals surface area (Å²) in [5, 5.41) is 10.3. The minimum Gasteiger partial charge on any atom is -0.493 e. The molecule has 2 aliphatic rings. The zero-order valence-corrected chi connectivity index (χ0v) is 12.7. The van der Waals surface area contributed by atoms with Crippen molar-refractivity contribution in [2.24, 2.45) is 0 Å². The molecule has 116 valence electrons. The molecular formula is C16H24N2O3. The van der Waals surface area contributed by atoms with Gasteiger partial charge < -0.3 is 14.8 Å². The van der Waals surface area contributed by atoms with Gasteiger partial charge in [0.2, 0.25) is 5.88 Å². The van der Waals surface area contributed by atoms with E-state index in [1.54, 1.807) is 7.11 Å². The standard InChI is InChI=1S/C16H24N2O3/c1-21-16(9-5-2-6-10-16)15-17-13(19)12(14(20)18-15)11-7-3-4-8-11/h11H,2-10H2,1H3,(H2,17,18,19,20). The first-order valence-corrected chi connectivity index (χ1v) is 8.05. The van der Waals surface area contributed by atoms with Crippen molar-refractivity contribution in [3.05, 3.63) is 21.7 Å². The maximum atomic E-state index is 12.4. The fraction of sp³-hybridized carbons (Fsp3) is 0.750. The Morgan fingerprint density at radius 1 is 1.19 bits per heavy atom. The van der Waals surface area contributed by atoms with Crippen LogP contribution in [0.25, 0.3) is 0 Å². The molecule has 0 bridgehead atoms. The molecule has 0 radical (unpaired) electrons. The monoisotopic (exact) mass is 292 g/mol. The number of hydrogen-bond acceptors (Lipinski definition) is 4. The summed E-state index contributed by atoms with van der Waals surface area (Å²) >= 11 is 0. The quantitative estimate of drug-likeness (QED) is 0.898. The molecular weight excluding hydrogens is 268 g/mol. The van der Waals surface area contributed by atoms with Gasteiger partial charge >= 0.3 is 0 Å². The smallest absolute Gasteiger partial charge is 0.258 e. The molecule has 5 heteroatoms. The van der Waals surface area contributed by atoms with Gasteiger partial charge in [0.25, 0.3) is 5.56 Å². The van der Waals surface area contributed by atoms with E-state index >= 15 is 0 Å². The highest BCUT2D eigenvalue weighted by Crippen LogP contribution is 2.40. The molecule has 0 atom stereocenters. The molecule has 3 rings (SSSR count). The van der Waals surface area contributed by atoms with Crippen molar-refractivity contribution in [3.63, 3.8) is 0 Å². The lowest BCUT2D eigenvalue weighted by molar-refractivity contribution is -0.0520. The minimum absolute atomic E-state index is 0.0948. The van der Waals surface area contributed by atoms with Crippen molar-refractivity contribution in [2.75, 3.05) is 7.11 Å². The number of aromatic amines is 1. The number of H-pyrrole nitrogens is 1. The van der Waals surface area contributed by atoms with Crippen LogP contribution in [-0.2, 0) is 10.3 Å². The van der Waals surface area contributed by atoms with Crippen LogP contribution in [0.1, 0.15) is 75.1 Å². The third kappa shape index (κ3) is 2.59. The summed E-state index contributed by atoms with van der Waals surface area (Å²) in [5.74, 6) is 0.553. The van der Waals surface area contributed by atoms with E-state index in [2.05, 4.69) is 9.97 Å². The first-order chi connectivity index (χ1) is 10.2. The highest BCUT2D eigenvalue weighted by atomic mass is 16.5. The number of aromatic nitrogens is 2. The molecule has 2 N–H and O–H groups in total. The first-order valence-electron chi connectivity index (χ1n) is 8.05. The Morgan fingerprint density at radius 2 is 1.86 bits per heavy atom. The van der Waals surface area contributed by atoms with E-state index in [-0.39, 0.29) is 17.4 Å². The summed E-state index contributed by atoms with van der Waals surface area (Å²) in [7, 11) is 1.66. The molecule has 2 fully saturated rings. The van der Waals surface area contributed by atoms with Crippen molar-refractivity contribution < 1.29 is 9.84 Å². The maximum absolute atomic E-state index is 12.4. The number of ether oxygens (including phenoxy) is 1. The Bertz CT molecular complexity index is 555. The summed E-state index contributed by atoms with van der Waals surface area (Å²) in [5.41, 5.74) is -0.256. The van der Waals surface area contributed by atoms with Crippen molar-refractivity contribution in [1.82, 2.24) is 9.97 Å². The molecule has 0 aromatic carbocycles. The van der Waals surface area contributed by atoms with Crippen LogP contribution < -0.4 is 5.56 Å². The van der Waals surface area contributed by atoms with Gasteiger partial charge in [-0.05, 0) is 31.6 Å². The van der Waals surface area contributed by atoms with E-state index in [9.17, 15) is 9.90 Å². The molecule has 21 heavy (non-hydrogen) atoms. The third-order valence-electron chi connectivity index (χ3n) is 5.18. The topological polar surface area (TPSA) is 75.2 Å². The van der Waals surface area contributed by atoms with Crippen LogP contribution in [0.5, 0.6) is 5.88 Å². The molecule has 0 amide bonds. The maximum Gasteiger partial charge on any atom is 0.258 e. The Balaban J connectivity index is 1.99. The summed E-state index contributed by atoms with van der Waals surface area (Å²) in [4.78, 5) is 19.7. The molecule has 1 aromatic heterocycles. The van der Waals surface area contributed by atoms with Gasteiger partial charge in [-0.15, -0.1) is 0 Å². The van der Waals surface area contributed by atoms with Crippen molar-refractivity contribution in [2.45, 2.75) is 69.3 Å². The molecule has 1 heterocycles. The van der Waals surface area contributed by atoms with Gasteiger partial charge in [0, 0.05) is 7.11 Å². The number of aromatic hydroxyl groups is 1. The Kier molecular flexibility index (Phi) is 4.02. The molecule has 0 saturated heterocycles. The molecule has 0 unspecified atom stereocenters. The van der Waals surface area contributed by atoms with Gasteiger partial charge in [-0.25, -0.2) is 0 Å². The number of nitrogens with one attached hydrogen (secondary N) is 1. The van der Waals surface area contributed by atoms with Crippen LogP contribution in [-0.4, -0.2) is 22.2 Å². The molecule has 0 spiro atoms. The lowest BCUT2D eigenvalue weighted by Crippen LogP contribution is -2.35. The molecule has 2 aliphatic carbocycles. The number of nitrogens with zero attached hydrogens (tertiary/aromatic N) is 1. The Labute approximate surface area is 124 Å². The van der Waals surface area contributed by atoms with E-state index in [1.165, 1.54) is 6.42 Å². The van der Waals surface area contributed by atoms with Crippen LogP contribution in [0.4, 0.5) is 0 Å². The fourth-order valence-corrected chi connectivity index (χ4v) is 3.93. The first kappa shape index (κ1) is 14.6. The van der Waals surface area contributed by atoms with Gasteiger partial charge in [-0.3, -0.25) is 4.79 Å². The van der Waals surface area contributed by atoms with Crippen LogP contribution in [0.3, 0.4) is 0 Å². The lowest BCUT2D eigenvalue weighted by Gasteiger charge is -2.34. The van der Waals surface area contributed by atoms with E-state index in [0.29, 0.717) is 11.4 Å². The Morgan fingerprint density at radius 3 is 2.43 bits per heavy atom. The highest BCUT2D eigenvalue weighted by Gasteiger charge is 2.37. The highest BCUT2D eigenvalue weighted by molar-refractivity contribution is 5.28. The van der Waals surface area contributed by atoms with Gasteiger partial charge in [0.1, 0.15) is 11.4 Å². The van der Waals surface area contributed by atoms with Crippen LogP contribution in [0, 0.1) is 0 Å². The van der Waals surface area contributed by atoms with Crippen LogP contribution >= 0.6 is 0 Å². The average Bonchev–Trinajstić information content (AvgIpc) is 3.01. The van der Waals surface area contributed by atoms with E-state index in [1.807, 2.05) is 0 Å². The molecule has 1 aromatic rings. The molecule has 5 nitrogen and oxygen atoms in total. The second-order valence-corrected chi connectivity index (χ2v) is 6.39. The van der Waals surface area contributed by atoms with Gasteiger partial charge in [0.15, 0.2) is 0 Å². The average molecular weight is 292 g/mol. The van der Waals surface area contributed by atoms with E-state index in [0.717, 1.165) is 51.4 Å². The zero-order chi connectivity index (χ0) is 14.9. The second-order valence-electron chi connectivity index (χ2n) is 6.39. The van der Waals surface area contributed by atoms with Gasteiger partial charge in [0.05, 0.1) is 5.56 Å². The van der Waals surface area contributed by atoms with Gasteiger partial charge in [-0.1, -0.05) is 32.1 Å². The van der Waals surface area contributed by atoms with E-state index in [4.69, 9.17) is 4.74 Å². The largest absolute Gasteiger partial charge is 0.493 e. The second kappa shape index (κ2) is 5.79. The number of methoxy groups -OCH3 is 1. The van der Waals surface area contributed by atoms with Crippen LogP contribution in [0.2, 0.25) is 0 Å².